The first-order valence-electron chi connectivity index (χ1n) is 7.25. The third-order valence-corrected chi connectivity index (χ3v) is 3.77. The van der Waals surface area contributed by atoms with Gasteiger partial charge in [0.2, 0.25) is 0 Å². The third kappa shape index (κ3) is 2.80. The lowest BCUT2D eigenvalue weighted by Crippen LogP contribution is -2.27. The van der Waals surface area contributed by atoms with Crippen LogP contribution in [0.5, 0.6) is 5.75 Å². The number of methoxy groups -OCH3 is 1. The maximum absolute atomic E-state index is 5.50. The fourth-order valence-corrected chi connectivity index (χ4v) is 2.79. The van der Waals surface area contributed by atoms with Gasteiger partial charge in [-0.25, -0.2) is 0 Å². The van der Waals surface area contributed by atoms with Crippen molar-refractivity contribution in [1.29, 1.82) is 0 Å². The lowest BCUT2D eigenvalue weighted by Gasteiger charge is -2.27. The molecule has 4 heteroatoms. The molecule has 0 aromatic heterocycles. The van der Waals surface area contributed by atoms with Gasteiger partial charge in [-0.1, -0.05) is 18.2 Å². The molecule has 1 fully saturated rings. The summed E-state index contributed by atoms with van der Waals surface area (Å²) in [5.74, 6) is 0.844. The highest BCUT2D eigenvalue weighted by Gasteiger charge is 2.34. The molecule has 3 rings (SSSR count). The van der Waals surface area contributed by atoms with E-state index >= 15 is 0 Å². The number of aryl methyl sites for hydroxylation is 2. The molecule has 1 aliphatic heterocycles. The fourth-order valence-electron chi connectivity index (χ4n) is 2.79. The first-order chi connectivity index (χ1) is 10.6. The van der Waals surface area contributed by atoms with Gasteiger partial charge in [0, 0.05) is 12.7 Å². The van der Waals surface area contributed by atoms with Gasteiger partial charge in [-0.15, -0.1) is 0 Å². The summed E-state index contributed by atoms with van der Waals surface area (Å²) in [6.45, 7) is 7.18. The number of anilines is 1. The first-order valence-corrected chi connectivity index (χ1v) is 7.25. The third-order valence-electron chi connectivity index (χ3n) is 3.77. The van der Waals surface area contributed by atoms with Gasteiger partial charge in [0.25, 0.3) is 6.73 Å². The molecule has 0 amide bonds. The molecule has 1 saturated heterocycles. The molecule has 0 aliphatic carbocycles. The second kappa shape index (κ2) is 5.99. The van der Waals surface area contributed by atoms with Gasteiger partial charge in [-0.05, 0) is 54.8 Å². The normalized spacial score (nSPS) is 18.7. The minimum absolute atomic E-state index is 0.0490. The number of hydrogen-bond acceptors (Lipinski definition) is 4. The van der Waals surface area contributed by atoms with Gasteiger partial charge >= 0.3 is 0 Å². The van der Waals surface area contributed by atoms with E-state index < -0.39 is 0 Å². The molecule has 1 aliphatic rings. The van der Waals surface area contributed by atoms with E-state index in [2.05, 4.69) is 38.8 Å². The lowest BCUT2D eigenvalue weighted by atomic mass is 10.1. The highest BCUT2D eigenvalue weighted by atomic mass is 16.7. The second-order valence-corrected chi connectivity index (χ2v) is 5.59. The second-order valence-electron chi connectivity index (χ2n) is 5.59. The van der Waals surface area contributed by atoms with E-state index in [1.54, 1.807) is 12.2 Å². The van der Waals surface area contributed by atoms with Crippen LogP contribution in [-0.2, 0) is 4.84 Å². The van der Waals surface area contributed by atoms with Crippen molar-refractivity contribution in [3.05, 3.63) is 65.9 Å². The average molecular weight is 296 g/mol. The van der Waals surface area contributed by atoms with Crippen molar-refractivity contribution in [2.24, 2.45) is 0 Å². The molecule has 114 valence electrons. The van der Waals surface area contributed by atoms with E-state index in [4.69, 9.17) is 9.57 Å². The number of hydroxylamine groups is 2. The summed E-state index contributed by atoms with van der Waals surface area (Å²) in [6, 6.07) is 14.4. The zero-order valence-electron chi connectivity index (χ0n) is 13.3. The van der Waals surface area contributed by atoms with Gasteiger partial charge in [-0.2, -0.15) is 5.06 Å². The lowest BCUT2D eigenvalue weighted by molar-refractivity contribution is -0.0867. The number of benzene rings is 2. The largest absolute Gasteiger partial charge is 0.497 e. The fraction of sp³-hybridized carbons (Fsp3) is 0.278. The summed E-state index contributed by atoms with van der Waals surface area (Å²) in [5.41, 5.74) is 4.63. The van der Waals surface area contributed by atoms with E-state index in [0.717, 1.165) is 17.0 Å². The Hall–Kier alpha value is -2.04. The van der Waals surface area contributed by atoms with Crippen molar-refractivity contribution in [3.63, 3.8) is 0 Å². The van der Waals surface area contributed by atoms with Gasteiger partial charge < -0.3 is 9.64 Å². The summed E-state index contributed by atoms with van der Waals surface area (Å²) in [5, 5.41) is 1.79. The van der Waals surface area contributed by atoms with Gasteiger partial charge in [0.05, 0.1) is 7.11 Å². The minimum Gasteiger partial charge on any atom is -0.497 e. The summed E-state index contributed by atoms with van der Waals surface area (Å²) < 4.78 is 5.23. The highest BCUT2D eigenvalue weighted by Crippen LogP contribution is 2.37. The van der Waals surface area contributed by atoms with Crippen molar-refractivity contribution in [2.75, 3.05) is 19.1 Å². The topological polar surface area (TPSA) is 24.9 Å². The predicted molar refractivity (Wildman–Crippen MR) is 86.2 cm³/mol. The number of rotatable bonds is 3. The summed E-state index contributed by atoms with van der Waals surface area (Å²) >= 11 is 0. The Labute approximate surface area is 131 Å². The van der Waals surface area contributed by atoms with Gasteiger partial charge in [0.1, 0.15) is 11.9 Å². The van der Waals surface area contributed by atoms with E-state index in [-0.39, 0.29) is 6.17 Å². The molecule has 1 unspecified atom stereocenters. The van der Waals surface area contributed by atoms with Crippen LogP contribution in [-0.4, -0.2) is 19.2 Å². The van der Waals surface area contributed by atoms with E-state index in [0.29, 0.717) is 0 Å². The number of ether oxygens (including phenoxy) is 1. The maximum atomic E-state index is 5.50. The Morgan fingerprint density at radius 2 is 1.68 bits per heavy atom. The Morgan fingerprint density at radius 3 is 2.27 bits per heavy atom. The minimum atomic E-state index is -0.0490. The molecular weight excluding hydrogens is 276 g/mol. The van der Waals surface area contributed by atoms with Gasteiger partial charge in [0.15, 0.2) is 0 Å². The SMILES string of the molecule is COc1ccc(C2N(C)O[C]N2c2cc(C)cc(C)c2)cc1. The summed E-state index contributed by atoms with van der Waals surface area (Å²) in [7, 11) is 3.58. The van der Waals surface area contributed by atoms with Crippen LogP contribution < -0.4 is 9.64 Å². The first kappa shape index (κ1) is 14.9. The maximum Gasteiger partial charge on any atom is 0.273 e. The molecule has 2 radical (unpaired) electrons. The molecule has 1 heterocycles. The molecule has 0 N–H and O–H groups in total. The average Bonchev–Trinajstić information content (AvgIpc) is 2.88. The smallest absolute Gasteiger partial charge is 0.273 e. The monoisotopic (exact) mass is 296 g/mol. The molecule has 4 nitrogen and oxygen atoms in total. The number of hydrogen-bond donors (Lipinski definition) is 0. The van der Waals surface area contributed by atoms with Crippen LogP contribution in [0.4, 0.5) is 5.69 Å². The van der Waals surface area contributed by atoms with Gasteiger partial charge in [-0.3, -0.25) is 4.84 Å². The Balaban J connectivity index is 1.96. The van der Waals surface area contributed by atoms with Crippen LogP contribution in [0.15, 0.2) is 42.5 Å². The van der Waals surface area contributed by atoms with E-state index in [1.165, 1.54) is 11.1 Å². The Bertz CT molecular complexity index is 634. The molecule has 0 saturated carbocycles. The van der Waals surface area contributed by atoms with Crippen molar-refractivity contribution < 1.29 is 9.57 Å². The van der Waals surface area contributed by atoms with Crippen LogP contribution in [0.3, 0.4) is 0 Å². The summed E-state index contributed by atoms with van der Waals surface area (Å²) in [4.78, 5) is 7.52. The summed E-state index contributed by atoms with van der Waals surface area (Å²) in [6.07, 6.45) is -0.0490. The van der Waals surface area contributed by atoms with Crippen LogP contribution >= 0.6 is 0 Å². The molecular formula is C18H20N2O2. The zero-order valence-corrected chi connectivity index (χ0v) is 13.3. The highest BCUT2D eigenvalue weighted by molar-refractivity contribution is 5.54. The van der Waals surface area contributed by atoms with E-state index in [1.807, 2.05) is 36.2 Å². The Morgan fingerprint density at radius 1 is 1.05 bits per heavy atom. The molecule has 22 heavy (non-hydrogen) atoms. The van der Waals surface area contributed by atoms with Crippen LogP contribution in [0.25, 0.3) is 0 Å². The Kier molecular flexibility index (Phi) is 4.05. The van der Waals surface area contributed by atoms with Crippen molar-refractivity contribution in [1.82, 2.24) is 5.06 Å². The molecule has 2 aromatic rings. The van der Waals surface area contributed by atoms with Crippen molar-refractivity contribution in [3.8, 4) is 5.75 Å². The molecule has 0 spiro atoms. The molecule has 0 bridgehead atoms. The van der Waals surface area contributed by atoms with Crippen LogP contribution in [0.2, 0.25) is 0 Å². The van der Waals surface area contributed by atoms with Crippen LogP contribution in [0.1, 0.15) is 22.9 Å². The van der Waals surface area contributed by atoms with Crippen molar-refractivity contribution >= 4 is 5.69 Å². The van der Waals surface area contributed by atoms with Crippen molar-refractivity contribution in [2.45, 2.75) is 20.0 Å². The zero-order chi connectivity index (χ0) is 15.7. The van der Waals surface area contributed by atoms with E-state index in [9.17, 15) is 0 Å². The standard InChI is InChI=1S/C18H20N2O2/c1-13-9-14(2)11-16(10-13)20-12-22-19(3)18(20)15-5-7-17(21-4)8-6-15/h5-11,18H,1-4H3. The molecule has 1 atom stereocenters. The quantitative estimate of drug-likeness (QED) is 0.862. The van der Waals surface area contributed by atoms with Crippen LogP contribution in [0, 0.1) is 20.6 Å². The number of nitrogens with zero attached hydrogens (tertiary/aromatic N) is 2. The predicted octanol–water partition coefficient (Wildman–Crippen LogP) is 3.69. The molecule has 2 aromatic carbocycles.